The molecule has 5 heteroatoms. The molecule has 2 rings (SSSR count). The van der Waals surface area contributed by atoms with Crippen LogP contribution in [0.25, 0.3) is 10.9 Å². The molecule has 0 bridgehead atoms. The summed E-state index contributed by atoms with van der Waals surface area (Å²) < 4.78 is 23.6. The van der Waals surface area contributed by atoms with Gasteiger partial charge in [0.25, 0.3) is 0 Å². The Labute approximate surface area is 98.2 Å². The highest BCUT2D eigenvalue weighted by atomic mass is 19.1. The Bertz CT molecular complexity index is 558. The second-order valence-corrected chi connectivity index (χ2v) is 3.54. The number of fused-ring (bicyclic) bond motifs is 1. The van der Waals surface area contributed by atoms with E-state index in [1.807, 2.05) is 0 Å². The van der Waals surface area contributed by atoms with Gasteiger partial charge in [-0.1, -0.05) is 0 Å². The number of pyridine rings is 1. The zero-order valence-corrected chi connectivity index (χ0v) is 9.66. The SMILES string of the molecule is COc1nc2c(OC)cc(F)cc2cc1CN. The molecular weight excluding hydrogens is 223 g/mol. The van der Waals surface area contributed by atoms with Crippen LogP contribution in [0.15, 0.2) is 18.2 Å². The van der Waals surface area contributed by atoms with Gasteiger partial charge in [0.15, 0.2) is 0 Å². The summed E-state index contributed by atoms with van der Waals surface area (Å²) in [7, 11) is 2.99. The van der Waals surface area contributed by atoms with Gasteiger partial charge in [0, 0.05) is 23.6 Å². The fourth-order valence-corrected chi connectivity index (χ4v) is 1.73. The molecule has 0 unspecified atom stereocenters. The molecule has 0 aliphatic carbocycles. The lowest BCUT2D eigenvalue weighted by molar-refractivity contribution is 0.391. The molecule has 0 saturated carbocycles. The van der Waals surface area contributed by atoms with Crippen LogP contribution in [0.1, 0.15) is 5.56 Å². The predicted octanol–water partition coefficient (Wildman–Crippen LogP) is 1.85. The minimum absolute atomic E-state index is 0.283. The number of nitrogens with two attached hydrogens (primary N) is 1. The number of nitrogens with zero attached hydrogens (tertiary/aromatic N) is 1. The summed E-state index contributed by atoms with van der Waals surface area (Å²) in [5.41, 5.74) is 6.87. The van der Waals surface area contributed by atoms with Crippen LogP contribution >= 0.6 is 0 Å². The topological polar surface area (TPSA) is 57.4 Å². The number of hydrogen-bond donors (Lipinski definition) is 1. The first kappa shape index (κ1) is 11.6. The van der Waals surface area contributed by atoms with Gasteiger partial charge in [0.05, 0.1) is 14.2 Å². The van der Waals surface area contributed by atoms with Crippen LogP contribution in [-0.4, -0.2) is 19.2 Å². The fourth-order valence-electron chi connectivity index (χ4n) is 1.73. The number of rotatable bonds is 3. The third-order valence-corrected chi connectivity index (χ3v) is 2.52. The van der Waals surface area contributed by atoms with E-state index >= 15 is 0 Å². The van der Waals surface area contributed by atoms with Gasteiger partial charge in [-0.25, -0.2) is 9.37 Å². The van der Waals surface area contributed by atoms with E-state index in [4.69, 9.17) is 15.2 Å². The maximum absolute atomic E-state index is 13.3. The Morgan fingerprint density at radius 1 is 1.24 bits per heavy atom. The monoisotopic (exact) mass is 236 g/mol. The van der Waals surface area contributed by atoms with E-state index in [2.05, 4.69) is 4.98 Å². The molecule has 0 aliphatic heterocycles. The van der Waals surface area contributed by atoms with Gasteiger partial charge < -0.3 is 15.2 Å². The lowest BCUT2D eigenvalue weighted by atomic mass is 10.1. The lowest BCUT2D eigenvalue weighted by Gasteiger charge is -2.10. The standard InChI is InChI=1S/C12H13FN2O2/c1-16-10-5-9(13)4-7-3-8(6-14)12(17-2)15-11(7)10/h3-5H,6,14H2,1-2H3. The van der Waals surface area contributed by atoms with Crippen LogP contribution in [0.4, 0.5) is 4.39 Å². The van der Waals surface area contributed by atoms with Crippen molar-refractivity contribution in [1.82, 2.24) is 4.98 Å². The first-order valence-electron chi connectivity index (χ1n) is 5.10. The smallest absolute Gasteiger partial charge is 0.218 e. The van der Waals surface area contributed by atoms with Crippen molar-refractivity contribution < 1.29 is 13.9 Å². The molecule has 0 fully saturated rings. The van der Waals surface area contributed by atoms with Crippen LogP contribution in [0.2, 0.25) is 0 Å². The summed E-state index contributed by atoms with van der Waals surface area (Å²) in [6.45, 7) is 0.283. The van der Waals surface area contributed by atoms with E-state index in [0.29, 0.717) is 22.5 Å². The Kier molecular flexibility index (Phi) is 3.10. The minimum atomic E-state index is -0.371. The van der Waals surface area contributed by atoms with Gasteiger partial charge >= 0.3 is 0 Å². The summed E-state index contributed by atoms with van der Waals surface area (Å²) in [6.07, 6.45) is 0. The van der Waals surface area contributed by atoms with Crippen LogP contribution < -0.4 is 15.2 Å². The molecule has 1 aromatic heterocycles. The molecule has 1 aromatic carbocycles. The normalized spacial score (nSPS) is 10.6. The van der Waals surface area contributed by atoms with Crippen LogP contribution in [-0.2, 0) is 6.54 Å². The Morgan fingerprint density at radius 2 is 2.00 bits per heavy atom. The minimum Gasteiger partial charge on any atom is -0.494 e. The van der Waals surface area contributed by atoms with Crippen molar-refractivity contribution >= 4 is 10.9 Å². The summed E-state index contributed by atoms with van der Waals surface area (Å²) in [5, 5.41) is 0.642. The molecule has 0 amide bonds. The van der Waals surface area contributed by atoms with Gasteiger partial charge in [-0.15, -0.1) is 0 Å². The molecule has 1 heterocycles. The lowest BCUT2D eigenvalue weighted by Crippen LogP contribution is -2.02. The van der Waals surface area contributed by atoms with E-state index < -0.39 is 0 Å². The third-order valence-electron chi connectivity index (χ3n) is 2.52. The molecule has 0 atom stereocenters. The number of hydrogen-bond acceptors (Lipinski definition) is 4. The largest absolute Gasteiger partial charge is 0.494 e. The molecule has 0 aliphatic rings. The van der Waals surface area contributed by atoms with Gasteiger partial charge in [0.1, 0.15) is 17.1 Å². The van der Waals surface area contributed by atoms with Crippen molar-refractivity contribution in [3.8, 4) is 11.6 Å². The molecule has 0 spiro atoms. The van der Waals surface area contributed by atoms with Crippen molar-refractivity contribution in [2.45, 2.75) is 6.54 Å². The first-order valence-corrected chi connectivity index (χ1v) is 5.10. The summed E-state index contributed by atoms with van der Waals surface area (Å²) in [5.74, 6) is 0.441. The summed E-state index contributed by atoms with van der Waals surface area (Å²) >= 11 is 0. The van der Waals surface area contributed by atoms with E-state index in [9.17, 15) is 4.39 Å². The zero-order chi connectivity index (χ0) is 12.4. The average molecular weight is 236 g/mol. The number of halogens is 1. The van der Waals surface area contributed by atoms with Gasteiger partial charge in [-0.2, -0.15) is 0 Å². The molecule has 17 heavy (non-hydrogen) atoms. The quantitative estimate of drug-likeness (QED) is 0.883. The number of aromatic nitrogens is 1. The molecular formula is C12H13FN2O2. The van der Waals surface area contributed by atoms with Gasteiger partial charge in [-0.3, -0.25) is 0 Å². The molecule has 2 N–H and O–H groups in total. The maximum atomic E-state index is 13.3. The van der Waals surface area contributed by atoms with E-state index in [1.54, 1.807) is 6.07 Å². The summed E-state index contributed by atoms with van der Waals surface area (Å²) in [4.78, 5) is 4.28. The van der Waals surface area contributed by atoms with Crippen molar-refractivity contribution in [1.29, 1.82) is 0 Å². The maximum Gasteiger partial charge on any atom is 0.218 e. The molecule has 4 nitrogen and oxygen atoms in total. The highest BCUT2D eigenvalue weighted by molar-refractivity contribution is 5.86. The molecule has 0 radical (unpaired) electrons. The van der Waals surface area contributed by atoms with E-state index in [1.165, 1.54) is 26.4 Å². The van der Waals surface area contributed by atoms with Gasteiger partial charge in [0.2, 0.25) is 5.88 Å². The van der Waals surface area contributed by atoms with Crippen LogP contribution in [0.5, 0.6) is 11.6 Å². The number of ether oxygens (including phenoxy) is 2. The number of methoxy groups -OCH3 is 2. The Hall–Kier alpha value is -1.88. The zero-order valence-electron chi connectivity index (χ0n) is 9.66. The summed E-state index contributed by atoms with van der Waals surface area (Å²) in [6, 6.07) is 4.44. The van der Waals surface area contributed by atoms with Crippen molar-refractivity contribution in [2.75, 3.05) is 14.2 Å². The second-order valence-electron chi connectivity index (χ2n) is 3.54. The molecule has 2 aromatic rings. The second kappa shape index (κ2) is 4.55. The highest BCUT2D eigenvalue weighted by Crippen LogP contribution is 2.29. The third kappa shape index (κ3) is 2.01. The Morgan fingerprint density at radius 3 is 2.59 bits per heavy atom. The average Bonchev–Trinajstić information content (AvgIpc) is 2.35. The van der Waals surface area contributed by atoms with Crippen molar-refractivity contribution in [3.05, 3.63) is 29.6 Å². The van der Waals surface area contributed by atoms with Crippen LogP contribution in [0.3, 0.4) is 0 Å². The predicted molar refractivity (Wildman–Crippen MR) is 62.7 cm³/mol. The Balaban J connectivity index is 2.77. The molecule has 0 saturated heterocycles. The van der Waals surface area contributed by atoms with Gasteiger partial charge in [-0.05, 0) is 12.1 Å². The first-order chi connectivity index (χ1) is 8.19. The van der Waals surface area contributed by atoms with E-state index in [-0.39, 0.29) is 12.4 Å². The van der Waals surface area contributed by atoms with E-state index in [0.717, 1.165) is 5.56 Å². The number of benzene rings is 1. The molecule has 90 valence electrons. The highest BCUT2D eigenvalue weighted by Gasteiger charge is 2.11. The van der Waals surface area contributed by atoms with Crippen LogP contribution in [0, 0.1) is 5.82 Å². The fraction of sp³-hybridized carbons (Fsp3) is 0.250. The van der Waals surface area contributed by atoms with Crippen molar-refractivity contribution in [2.24, 2.45) is 5.73 Å². The van der Waals surface area contributed by atoms with Crippen molar-refractivity contribution in [3.63, 3.8) is 0 Å².